The van der Waals surface area contributed by atoms with Gasteiger partial charge in [0, 0.05) is 24.9 Å². The molecule has 112 valence electrons. The van der Waals surface area contributed by atoms with Crippen molar-refractivity contribution in [2.45, 2.75) is 38.5 Å². The van der Waals surface area contributed by atoms with Crippen LogP contribution in [-0.4, -0.2) is 22.5 Å². The second-order valence-corrected chi connectivity index (χ2v) is 6.17. The Hall–Kier alpha value is -1.89. The van der Waals surface area contributed by atoms with Gasteiger partial charge in [0.05, 0.1) is 15.6 Å². The maximum atomic E-state index is 12.0. The summed E-state index contributed by atoms with van der Waals surface area (Å²) in [6.45, 7) is 2.54. The highest BCUT2D eigenvalue weighted by molar-refractivity contribution is 7.18. The fourth-order valence-corrected chi connectivity index (χ4v) is 3.57. The number of hydrogen-bond acceptors (Lipinski definition) is 7. The first-order valence-electron chi connectivity index (χ1n) is 7.15. The summed E-state index contributed by atoms with van der Waals surface area (Å²) in [5.74, 6) is 1.22. The number of nitrogens with zero attached hydrogens (tertiary/aromatic N) is 2. The SMILES string of the molecule is CCC(=O)c1sc(NCCc2ncno2)c(C2CC2)c1N. The van der Waals surface area contributed by atoms with Crippen molar-refractivity contribution in [3.8, 4) is 0 Å². The molecular formula is C14H18N4O2S. The zero-order valence-electron chi connectivity index (χ0n) is 11.9. The third-order valence-corrected chi connectivity index (χ3v) is 4.79. The molecule has 2 aromatic heterocycles. The van der Waals surface area contributed by atoms with E-state index in [0.717, 1.165) is 23.4 Å². The van der Waals surface area contributed by atoms with Crippen LogP contribution in [-0.2, 0) is 6.42 Å². The molecule has 0 atom stereocenters. The summed E-state index contributed by atoms with van der Waals surface area (Å²) in [5, 5.41) is 7.97. The highest BCUT2D eigenvalue weighted by Gasteiger charge is 2.32. The highest BCUT2D eigenvalue weighted by atomic mass is 32.1. The lowest BCUT2D eigenvalue weighted by atomic mass is 10.1. The molecule has 2 aromatic rings. The predicted octanol–water partition coefficient (Wildman–Crippen LogP) is 2.84. The number of ketones is 1. The second-order valence-electron chi connectivity index (χ2n) is 5.15. The number of aromatic nitrogens is 2. The fraction of sp³-hybridized carbons (Fsp3) is 0.500. The standard InChI is InChI=1S/C14H18N4O2S/c1-2-9(19)13-12(15)11(8-3-4-8)14(21-13)16-6-5-10-17-7-18-20-10/h7-8,16H,2-6,15H2,1H3. The Bertz CT molecular complexity index is 632. The van der Waals surface area contributed by atoms with Crippen LogP contribution in [0.25, 0.3) is 0 Å². The number of carbonyl (C=O) groups is 1. The Morgan fingerprint density at radius 2 is 2.38 bits per heavy atom. The molecule has 0 aromatic carbocycles. The summed E-state index contributed by atoms with van der Waals surface area (Å²) in [6, 6.07) is 0. The van der Waals surface area contributed by atoms with E-state index < -0.39 is 0 Å². The third kappa shape index (κ3) is 2.92. The van der Waals surface area contributed by atoms with Crippen LogP contribution < -0.4 is 11.1 Å². The van der Waals surface area contributed by atoms with E-state index in [-0.39, 0.29) is 5.78 Å². The molecule has 1 fully saturated rings. The maximum Gasteiger partial charge on any atom is 0.228 e. The number of carbonyl (C=O) groups excluding carboxylic acids is 1. The van der Waals surface area contributed by atoms with Crippen LogP contribution in [0.5, 0.6) is 0 Å². The van der Waals surface area contributed by atoms with Crippen LogP contribution in [0.3, 0.4) is 0 Å². The van der Waals surface area contributed by atoms with Gasteiger partial charge < -0.3 is 15.6 Å². The Morgan fingerprint density at radius 3 is 3.00 bits per heavy atom. The lowest BCUT2D eigenvalue weighted by Gasteiger charge is -2.05. The van der Waals surface area contributed by atoms with Crippen molar-refractivity contribution in [2.75, 3.05) is 17.6 Å². The average molecular weight is 306 g/mol. The molecule has 0 amide bonds. The van der Waals surface area contributed by atoms with Crippen LogP contribution in [0.1, 0.15) is 53.2 Å². The van der Waals surface area contributed by atoms with Crippen LogP contribution in [0.2, 0.25) is 0 Å². The van der Waals surface area contributed by atoms with Crippen molar-refractivity contribution in [1.29, 1.82) is 0 Å². The zero-order valence-corrected chi connectivity index (χ0v) is 12.7. The van der Waals surface area contributed by atoms with Crippen LogP contribution in [0.15, 0.2) is 10.9 Å². The number of hydrogen-bond donors (Lipinski definition) is 2. The summed E-state index contributed by atoms with van der Waals surface area (Å²) < 4.78 is 4.97. The molecule has 6 nitrogen and oxygen atoms in total. The monoisotopic (exact) mass is 306 g/mol. The van der Waals surface area contributed by atoms with Gasteiger partial charge in [0.25, 0.3) is 0 Å². The number of thiophene rings is 1. The first-order chi connectivity index (χ1) is 10.2. The van der Waals surface area contributed by atoms with Gasteiger partial charge in [0.15, 0.2) is 12.1 Å². The van der Waals surface area contributed by atoms with Gasteiger partial charge in [-0.25, -0.2) is 0 Å². The van der Waals surface area contributed by atoms with Gasteiger partial charge in [-0.2, -0.15) is 4.98 Å². The molecule has 2 heterocycles. The van der Waals surface area contributed by atoms with Crippen LogP contribution in [0, 0.1) is 0 Å². The highest BCUT2D eigenvalue weighted by Crippen LogP contribution is 2.50. The minimum Gasteiger partial charge on any atom is -0.397 e. The van der Waals surface area contributed by atoms with Crippen molar-refractivity contribution in [2.24, 2.45) is 0 Å². The molecule has 3 rings (SSSR count). The van der Waals surface area contributed by atoms with Crippen molar-refractivity contribution in [1.82, 2.24) is 10.1 Å². The largest absolute Gasteiger partial charge is 0.397 e. The minimum atomic E-state index is 0.115. The summed E-state index contributed by atoms with van der Waals surface area (Å²) >= 11 is 1.47. The number of nitrogens with one attached hydrogen (secondary N) is 1. The van der Waals surface area contributed by atoms with Gasteiger partial charge in [0.2, 0.25) is 5.89 Å². The van der Waals surface area contributed by atoms with Crippen molar-refractivity contribution in [3.05, 3.63) is 22.7 Å². The number of nitrogens with two attached hydrogens (primary N) is 1. The maximum absolute atomic E-state index is 12.0. The number of nitrogen functional groups attached to an aromatic ring is 1. The molecule has 7 heteroatoms. The van der Waals surface area contributed by atoms with E-state index >= 15 is 0 Å². The number of Topliss-reactive ketones (excluding diaryl/α,β-unsaturated/α-hetero) is 1. The van der Waals surface area contributed by atoms with E-state index in [1.165, 1.54) is 17.7 Å². The zero-order chi connectivity index (χ0) is 14.8. The smallest absolute Gasteiger partial charge is 0.228 e. The Balaban J connectivity index is 1.75. The Morgan fingerprint density at radius 1 is 1.57 bits per heavy atom. The number of anilines is 2. The third-order valence-electron chi connectivity index (χ3n) is 3.57. The number of rotatable bonds is 7. The Labute approximate surface area is 126 Å². The van der Waals surface area contributed by atoms with Crippen LogP contribution in [0.4, 0.5) is 10.7 Å². The molecule has 3 N–H and O–H groups in total. The lowest BCUT2D eigenvalue weighted by molar-refractivity contribution is 0.0993. The minimum absolute atomic E-state index is 0.115. The first-order valence-corrected chi connectivity index (χ1v) is 7.97. The molecule has 0 saturated heterocycles. The quantitative estimate of drug-likeness (QED) is 0.764. The van der Waals surface area contributed by atoms with Crippen LogP contribution >= 0.6 is 11.3 Å². The van der Waals surface area contributed by atoms with Crippen molar-refractivity contribution >= 4 is 27.8 Å². The van der Waals surface area contributed by atoms with Gasteiger partial charge in [-0.05, 0) is 18.8 Å². The topological polar surface area (TPSA) is 94.0 Å². The Kier molecular flexibility index (Phi) is 3.92. The molecule has 0 unspecified atom stereocenters. The molecule has 1 aliphatic rings. The fourth-order valence-electron chi connectivity index (χ4n) is 2.32. The molecule has 21 heavy (non-hydrogen) atoms. The average Bonchev–Trinajstić information content (AvgIpc) is 3.07. The molecule has 0 aliphatic heterocycles. The van der Waals surface area contributed by atoms with Crippen molar-refractivity contribution in [3.63, 3.8) is 0 Å². The molecule has 1 saturated carbocycles. The van der Waals surface area contributed by atoms with Gasteiger partial charge in [0.1, 0.15) is 0 Å². The van der Waals surface area contributed by atoms with E-state index in [2.05, 4.69) is 15.5 Å². The van der Waals surface area contributed by atoms with Crippen molar-refractivity contribution < 1.29 is 9.32 Å². The van der Waals surface area contributed by atoms with E-state index in [4.69, 9.17) is 10.3 Å². The van der Waals surface area contributed by atoms with Gasteiger partial charge in [-0.15, -0.1) is 11.3 Å². The lowest BCUT2D eigenvalue weighted by Crippen LogP contribution is -2.05. The first kappa shape index (κ1) is 14.1. The van der Waals surface area contributed by atoms with E-state index in [0.29, 0.717) is 41.8 Å². The summed E-state index contributed by atoms with van der Waals surface area (Å²) in [7, 11) is 0. The van der Waals surface area contributed by atoms with Gasteiger partial charge >= 0.3 is 0 Å². The summed E-state index contributed by atoms with van der Waals surface area (Å²) in [6.07, 6.45) is 4.83. The summed E-state index contributed by atoms with van der Waals surface area (Å²) in [5.41, 5.74) is 8.00. The van der Waals surface area contributed by atoms with Gasteiger partial charge in [-0.3, -0.25) is 4.79 Å². The normalized spacial score (nSPS) is 14.3. The summed E-state index contributed by atoms with van der Waals surface area (Å²) in [4.78, 5) is 16.7. The molecule has 1 aliphatic carbocycles. The van der Waals surface area contributed by atoms with Gasteiger partial charge in [-0.1, -0.05) is 12.1 Å². The second kappa shape index (κ2) is 5.85. The molecule has 0 spiro atoms. The van der Waals surface area contributed by atoms with E-state index in [1.807, 2.05) is 6.92 Å². The van der Waals surface area contributed by atoms with E-state index in [1.54, 1.807) is 0 Å². The van der Waals surface area contributed by atoms with E-state index in [9.17, 15) is 4.79 Å². The molecule has 0 bridgehead atoms. The molecular weight excluding hydrogens is 288 g/mol. The molecule has 0 radical (unpaired) electrons. The predicted molar refractivity (Wildman–Crippen MR) is 81.8 cm³/mol.